The molecule has 21 heavy (non-hydrogen) atoms. The molecule has 1 aliphatic rings. The van der Waals surface area contributed by atoms with E-state index < -0.39 is 5.60 Å². The zero-order valence-corrected chi connectivity index (χ0v) is 13.3. The van der Waals surface area contributed by atoms with E-state index in [1.165, 1.54) is 6.33 Å². The molecule has 1 saturated heterocycles. The summed E-state index contributed by atoms with van der Waals surface area (Å²) in [4.78, 5) is 21.4. The lowest BCUT2D eigenvalue weighted by Gasteiger charge is -2.24. The minimum atomic E-state index is -0.469. The predicted molar refractivity (Wildman–Crippen MR) is 78.5 cm³/mol. The van der Waals surface area contributed by atoms with Crippen LogP contribution in [-0.2, 0) is 4.74 Å². The number of rotatable bonds is 3. The second-order valence-electron chi connectivity index (χ2n) is 6.07. The molecule has 0 aromatic carbocycles. The van der Waals surface area contributed by atoms with Crippen molar-refractivity contribution < 1.29 is 14.3 Å². The van der Waals surface area contributed by atoms with Gasteiger partial charge < -0.3 is 14.4 Å². The maximum atomic E-state index is 12.0. The van der Waals surface area contributed by atoms with Crippen molar-refractivity contribution in [2.24, 2.45) is 5.92 Å². The van der Waals surface area contributed by atoms with E-state index in [2.05, 4.69) is 9.97 Å². The summed E-state index contributed by atoms with van der Waals surface area (Å²) >= 11 is 5.77. The summed E-state index contributed by atoms with van der Waals surface area (Å²) in [5.41, 5.74) is -0.469. The Morgan fingerprint density at radius 2 is 2.24 bits per heavy atom. The van der Waals surface area contributed by atoms with Crippen LogP contribution in [0.1, 0.15) is 27.2 Å². The Hall–Kier alpha value is -1.56. The van der Waals surface area contributed by atoms with Crippen LogP contribution in [0, 0.1) is 5.92 Å². The Bertz CT molecular complexity index is 504. The Morgan fingerprint density at radius 1 is 1.48 bits per heavy atom. The van der Waals surface area contributed by atoms with Crippen LogP contribution in [0.3, 0.4) is 0 Å². The largest absolute Gasteiger partial charge is 0.477 e. The lowest BCUT2D eigenvalue weighted by molar-refractivity contribution is 0.0284. The molecule has 116 valence electrons. The fourth-order valence-corrected chi connectivity index (χ4v) is 2.20. The first-order chi connectivity index (χ1) is 9.83. The summed E-state index contributed by atoms with van der Waals surface area (Å²) < 4.78 is 10.9. The molecule has 0 bridgehead atoms. The smallest absolute Gasteiger partial charge is 0.410 e. The number of carbonyl (C=O) groups excluding carboxylic acids is 1. The van der Waals surface area contributed by atoms with E-state index in [4.69, 9.17) is 21.1 Å². The third kappa shape index (κ3) is 5.04. The average molecular weight is 314 g/mol. The fourth-order valence-electron chi connectivity index (χ4n) is 2.06. The fraction of sp³-hybridized carbons (Fsp3) is 0.643. The van der Waals surface area contributed by atoms with Crippen molar-refractivity contribution in [2.75, 3.05) is 19.7 Å². The van der Waals surface area contributed by atoms with Crippen molar-refractivity contribution in [3.05, 3.63) is 17.5 Å². The van der Waals surface area contributed by atoms with Crippen LogP contribution in [-0.4, -0.2) is 46.3 Å². The molecule has 0 aliphatic carbocycles. The molecule has 2 heterocycles. The molecule has 1 aromatic rings. The van der Waals surface area contributed by atoms with Crippen LogP contribution in [0.25, 0.3) is 0 Å². The quantitative estimate of drug-likeness (QED) is 0.803. The van der Waals surface area contributed by atoms with Gasteiger partial charge >= 0.3 is 6.09 Å². The summed E-state index contributed by atoms with van der Waals surface area (Å²) in [6.07, 6.45) is 1.98. The highest BCUT2D eigenvalue weighted by Crippen LogP contribution is 2.21. The molecule has 1 amide bonds. The minimum Gasteiger partial charge on any atom is -0.477 e. The van der Waals surface area contributed by atoms with Crippen molar-refractivity contribution in [2.45, 2.75) is 32.8 Å². The molecular formula is C14H20ClN3O3. The lowest BCUT2D eigenvalue weighted by Crippen LogP contribution is -2.35. The normalized spacial score (nSPS) is 18.7. The van der Waals surface area contributed by atoms with Crippen molar-refractivity contribution in [3.8, 4) is 5.88 Å². The Morgan fingerprint density at radius 3 is 2.90 bits per heavy atom. The van der Waals surface area contributed by atoms with Gasteiger partial charge in [0.2, 0.25) is 5.88 Å². The summed E-state index contributed by atoms with van der Waals surface area (Å²) in [5.74, 6) is 0.719. The number of ether oxygens (including phenoxy) is 2. The summed E-state index contributed by atoms with van der Waals surface area (Å²) in [6, 6.07) is 1.57. The van der Waals surface area contributed by atoms with Gasteiger partial charge in [0, 0.05) is 25.1 Å². The zero-order valence-electron chi connectivity index (χ0n) is 12.5. The van der Waals surface area contributed by atoms with Crippen LogP contribution >= 0.6 is 11.6 Å². The second kappa shape index (κ2) is 6.47. The zero-order chi connectivity index (χ0) is 15.5. The first kappa shape index (κ1) is 15.8. The number of carbonyl (C=O) groups is 1. The van der Waals surface area contributed by atoms with E-state index in [1.54, 1.807) is 11.0 Å². The van der Waals surface area contributed by atoms with Crippen LogP contribution in [0.4, 0.5) is 4.79 Å². The molecule has 0 unspecified atom stereocenters. The van der Waals surface area contributed by atoms with Gasteiger partial charge in [-0.1, -0.05) is 11.6 Å². The van der Waals surface area contributed by atoms with Crippen molar-refractivity contribution in [3.63, 3.8) is 0 Å². The van der Waals surface area contributed by atoms with Gasteiger partial charge in [0.05, 0.1) is 6.61 Å². The molecule has 6 nitrogen and oxygen atoms in total. The maximum Gasteiger partial charge on any atom is 0.410 e. The van der Waals surface area contributed by atoms with Crippen molar-refractivity contribution in [1.29, 1.82) is 0 Å². The number of nitrogens with zero attached hydrogens (tertiary/aromatic N) is 3. The number of amides is 1. The van der Waals surface area contributed by atoms with Gasteiger partial charge in [-0.3, -0.25) is 0 Å². The highest BCUT2D eigenvalue weighted by molar-refractivity contribution is 6.29. The summed E-state index contributed by atoms with van der Waals surface area (Å²) in [7, 11) is 0. The van der Waals surface area contributed by atoms with E-state index >= 15 is 0 Å². The summed E-state index contributed by atoms with van der Waals surface area (Å²) in [6.45, 7) is 7.40. The number of hydrogen-bond acceptors (Lipinski definition) is 5. The maximum absolute atomic E-state index is 12.0. The molecule has 0 saturated carbocycles. The average Bonchev–Trinajstić information content (AvgIpc) is 2.83. The van der Waals surface area contributed by atoms with Gasteiger partial charge in [0.15, 0.2) is 0 Å². The molecule has 1 aromatic heterocycles. The van der Waals surface area contributed by atoms with Gasteiger partial charge in [-0.05, 0) is 27.2 Å². The summed E-state index contributed by atoms with van der Waals surface area (Å²) in [5, 5.41) is 0.349. The SMILES string of the molecule is CC(C)(C)OC(=O)N1CC[C@@H](COc2cc(Cl)ncn2)C1. The number of likely N-dealkylation sites (tertiary alicyclic amines) is 1. The monoisotopic (exact) mass is 313 g/mol. The van der Waals surface area contributed by atoms with Gasteiger partial charge in [-0.15, -0.1) is 0 Å². The molecule has 1 fully saturated rings. The highest BCUT2D eigenvalue weighted by atomic mass is 35.5. The molecule has 7 heteroatoms. The number of hydrogen-bond donors (Lipinski definition) is 0. The molecular weight excluding hydrogens is 294 g/mol. The lowest BCUT2D eigenvalue weighted by atomic mass is 10.1. The van der Waals surface area contributed by atoms with E-state index in [0.29, 0.717) is 30.7 Å². The van der Waals surface area contributed by atoms with E-state index in [9.17, 15) is 4.79 Å². The molecule has 1 atom stereocenters. The minimum absolute atomic E-state index is 0.268. The van der Waals surface area contributed by atoms with E-state index in [0.717, 1.165) is 6.42 Å². The molecule has 0 radical (unpaired) electrons. The van der Waals surface area contributed by atoms with Crippen LogP contribution < -0.4 is 4.74 Å². The van der Waals surface area contributed by atoms with Gasteiger partial charge in [0.1, 0.15) is 17.1 Å². The third-order valence-electron chi connectivity index (χ3n) is 3.01. The van der Waals surface area contributed by atoms with Crippen molar-refractivity contribution in [1.82, 2.24) is 14.9 Å². The Balaban J connectivity index is 1.79. The molecule has 2 rings (SSSR count). The number of aromatic nitrogens is 2. The number of halogens is 1. The first-order valence-corrected chi connectivity index (χ1v) is 7.29. The standard InChI is InChI=1S/C14H20ClN3O3/c1-14(2,3)21-13(19)18-5-4-10(7-18)8-20-12-6-11(15)16-9-17-12/h6,9-10H,4-5,7-8H2,1-3H3/t10-/m1/s1. The van der Waals surface area contributed by atoms with Crippen LogP contribution in [0.5, 0.6) is 5.88 Å². The topological polar surface area (TPSA) is 64.5 Å². The van der Waals surface area contributed by atoms with Crippen molar-refractivity contribution >= 4 is 17.7 Å². The Kier molecular flexibility index (Phi) is 4.88. The third-order valence-corrected chi connectivity index (χ3v) is 3.22. The van der Waals surface area contributed by atoms with E-state index in [-0.39, 0.29) is 12.0 Å². The van der Waals surface area contributed by atoms with Crippen LogP contribution in [0.15, 0.2) is 12.4 Å². The molecule has 0 spiro atoms. The Labute approximate surface area is 129 Å². The van der Waals surface area contributed by atoms with Gasteiger partial charge in [-0.2, -0.15) is 0 Å². The van der Waals surface area contributed by atoms with Gasteiger partial charge in [-0.25, -0.2) is 14.8 Å². The predicted octanol–water partition coefficient (Wildman–Crippen LogP) is 2.77. The van der Waals surface area contributed by atoms with E-state index in [1.807, 2.05) is 20.8 Å². The second-order valence-corrected chi connectivity index (χ2v) is 6.46. The van der Waals surface area contributed by atoms with Gasteiger partial charge in [0.25, 0.3) is 0 Å². The van der Waals surface area contributed by atoms with Crippen LogP contribution in [0.2, 0.25) is 5.15 Å². The molecule has 0 N–H and O–H groups in total. The first-order valence-electron chi connectivity index (χ1n) is 6.92. The molecule has 1 aliphatic heterocycles. The highest BCUT2D eigenvalue weighted by Gasteiger charge is 2.30.